The summed E-state index contributed by atoms with van der Waals surface area (Å²) in [4.78, 5) is 39.2. The highest BCUT2D eigenvalue weighted by atomic mass is 19.1. The summed E-state index contributed by atoms with van der Waals surface area (Å²) in [5, 5.41) is 5.47. The van der Waals surface area contributed by atoms with E-state index in [9.17, 15) is 18.8 Å². The number of amides is 3. The van der Waals surface area contributed by atoms with E-state index in [2.05, 4.69) is 10.6 Å². The van der Waals surface area contributed by atoms with Crippen molar-refractivity contribution in [1.29, 1.82) is 0 Å². The molecule has 2 N–H and O–H groups in total. The summed E-state index contributed by atoms with van der Waals surface area (Å²) in [6.07, 6.45) is 2.10. The molecule has 1 saturated heterocycles. The average molecular weight is 427 g/mol. The number of nitrogens with one attached hydrogen (secondary N) is 2. The van der Waals surface area contributed by atoms with Crippen molar-refractivity contribution in [3.05, 3.63) is 65.5 Å². The quantitative estimate of drug-likeness (QED) is 0.634. The summed E-state index contributed by atoms with van der Waals surface area (Å²) in [5.74, 6) is -1.56. The molecular formula is C23H26FN3O4. The van der Waals surface area contributed by atoms with E-state index < -0.39 is 17.8 Å². The van der Waals surface area contributed by atoms with Crippen LogP contribution in [-0.4, -0.2) is 55.5 Å². The molecule has 31 heavy (non-hydrogen) atoms. The molecule has 8 heteroatoms. The Hall–Kier alpha value is -3.26. The Morgan fingerprint density at radius 3 is 2.58 bits per heavy atom. The van der Waals surface area contributed by atoms with E-state index in [-0.39, 0.29) is 17.4 Å². The van der Waals surface area contributed by atoms with Gasteiger partial charge in [0.05, 0.1) is 5.56 Å². The maximum Gasteiger partial charge on any atom is 0.258 e. The molecule has 1 aliphatic heterocycles. The number of rotatable bonds is 8. The first kappa shape index (κ1) is 22.4. The number of likely N-dealkylation sites (tertiary alicyclic amines) is 1. The van der Waals surface area contributed by atoms with Gasteiger partial charge in [0.1, 0.15) is 11.9 Å². The largest absolute Gasteiger partial charge is 0.385 e. The van der Waals surface area contributed by atoms with Crippen molar-refractivity contribution in [2.45, 2.75) is 25.3 Å². The van der Waals surface area contributed by atoms with E-state index in [0.717, 1.165) is 6.42 Å². The van der Waals surface area contributed by atoms with Gasteiger partial charge < -0.3 is 20.3 Å². The molecule has 1 aliphatic rings. The highest BCUT2D eigenvalue weighted by Gasteiger charge is 2.34. The number of anilines is 1. The molecule has 164 valence electrons. The van der Waals surface area contributed by atoms with E-state index >= 15 is 0 Å². The van der Waals surface area contributed by atoms with Crippen LogP contribution < -0.4 is 10.6 Å². The average Bonchev–Trinajstić information content (AvgIpc) is 3.27. The Bertz CT molecular complexity index is 933. The number of benzene rings is 2. The predicted octanol–water partition coefficient (Wildman–Crippen LogP) is 2.84. The predicted molar refractivity (Wildman–Crippen MR) is 114 cm³/mol. The fraction of sp³-hybridized carbons (Fsp3) is 0.348. The molecule has 3 rings (SSSR count). The maximum absolute atomic E-state index is 13.8. The lowest BCUT2D eigenvalue weighted by atomic mass is 10.1. The molecular weight excluding hydrogens is 401 g/mol. The number of methoxy groups -OCH3 is 1. The van der Waals surface area contributed by atoms with Gasteiger partial charge in [-0.05, 0) is 55.7 Å². The Morgan fingerprint density at radius 1 is 1.13 bits per heavy atom. The molecule has 1 fully saturated rings. The second-order valence-corrected chi connectivity index (χ2v) is 7.31. The zero-order chi connectivity index (χ0) is 22.2. The third-order valence-corrected chi connectivity index (χ3v) is 5.15. The first-order valence-electron chi connectivity index (χ1n) is 10.2. The topological polar surface area (TPSA) is 87.7 Å². The van der Waals surface area contributed by atoms with E-state index in [1.54, 1.807) is 42.3 Å². The van der Waals surface area contributed by atoms with Crippen LogP contribution in [0.3, 0.4) is 0 Å². The van der Waals surface area contributed by atoms with Gasteiger partial charge in [0, 0.05) is 38.1 Å². The van der Waals surface area contributed by atoms with Gasteiger partial charge in [0.15, 0.2) is 0 Å². The number of ether oxygens (including phenoxy) is 1. The molecule has 0 saturated carbocycles. The van der Waals surface area contributed by atoms with Gasteiger partial charge in [0.2, 0.25) is 5.91 Å². The minimum atomic E-state index is -0.604. The van der Waals surface area contributed by atoms with Crippen LogP contribution in [-0.2, 0) is 9.53 Å². The first-order valence-corrected chi connectivity index (χ1v) is 10.2. The molecule has 1 atom stereocenters. The SMILES string of the molecule is COCCCNC(=O)[C@@H]1CCCN1C(=O)c1ccc(NC(=O)c2ccccc2F)cc1. The van der Waals surface area contributed by atoms with Gasteiger partial charge in [0.25, 0.3) is 11.8 Å². The van der Waals surface area contributed by atoms with E-state index in [1.807, 2.05) is 0 Å². The van der Waals surface area contributed by atoms with Gasteiger partial charge in [-0.1, -0.05) is 12.1 Å². The fourth-order valence-electron chi connectivity index (χ4n) is 3.53. The molecule has 2 aromatic rings. The summed E-state index contributed by atoms with van der Waals surface area (Å²) in [6, 6.07) is 11.6. The molecule has 0 aliphatic carbocycles. The molecule has 0 spiro atoms. The van der Waals surface area contributed by atoms with E-state index in [4.69, 9.17) is 4.74 Å². The normalized spacial score (nSPS) is 15.5. The molecule has 1 heterocycles. The molecule has 0 aromatic heterocycles. The van der Waals surface area contributed by atoms with Crippen LogP contribution in [0.2, 0.25) is 0 Å². The van der Waals surface area contributed by atoms with E-state index in [1.165, 1.54) is 18.2 Å². The van der Waals surface area contributed by atoms with Gasteiger partial charge in [-0.25, -0.2) is 4.39 Å². The zero-order valence-corrected chi connectivity index (χ0v) is 17.4. The van der Waals surface area contributed by atoms with Gasteiger partial charge in [-0.15, -0.1) is 0 Å². The van der Waals surface area contributed by atoms with Crippen LogP contribution >= 0.6 is 0 Å². The van der Waals surface area contributed by atoms with Crippen LogP contribution in [0.15, 0.2) is 48.5 Å². The Balaban J connectivity index is 1.61. The third kappa shape index (κ3) is 5.67. The van der Waals surface area contributed by atoms with E-state index in [0.29, 0.717) is 43.8 Å². The summed E-state index contributed by atoms with van der Waals surface area (Å²) in [7, 11) is 1.61. The molecule has 0 unspecified atom stereocenters. The fourth-order valence-corrected chi connectivity index (χ4v) is 3.53. The number of carbonyl (C=O) groups excluding carboxylic acids is 3. The Labute approximate surface area is 180 Å². The van der Waals surface area contributed by atoms with Gasteiger partial charge in [-0.3, -0.25) is 14.4 Å². The van der Waals surface area contributed by atoms with Gasteiger partial charge >= 0.3 is 0 Å². The summed E-state index contributed by atoms with van der Waals surface area (Å²) in [6.45, 7) is 1.58. The van der Waals surface area contributed by atoms with Gasteiger partial charge in [-0.2, -0.15) is 0 Å². The Kier molecular flexibility index (Phi) is 7.72. The van der Waals surface area contributed by atoms with Crippen LogP contribution in [0.1, 0.15) is 40.0 Å². The molecule has 7 nitrogen and oxygen atoms in total. The van der Waals surface area contributed by atoms with Crippen molar-refractivity contribution in [3.63, 3.8) is 0 Å². The summed E-state index contributed by atoms with van der Waals surface area (Å²) in [5.41, 5.74) is 0.806. The van der Waals surface area contributed by atoms with Crippen molar-refractivity contribution in [3.8, 4) is 0 Å². The van der Waals surface area contributed by atoms with Crippen molar-refractivity contribution in [2.75, 3.05) is 32.1 Å². The lowest BCUT2D eigenvalue weighted by molar-refractivity contribution is -0.124. The summed E-state index contributed by atoms with van der Waals surface area (Å²) >= 11 is 0. The monoisotopic (exact) mass is 427 g/mol. The van der Waals surface area contributed by atoms with Crippen molar-refractivity contribution in [1.82, 2.24) is 10.2 Å². The van der Waals surface area contributed by atoms with Crippen molar-refractivity contribution >= 4 is 23.4 Å². The standard InChI is InChI=1S/C23H26FN3O4/c1-31-15-5-13-25-22(29)20-8-4-14-27(20)23(30)16-9-11-17(12-10-16)26-21(28)18-6-2-3-7-19(18)24/h2-3,6-7,9-12,20H,4-5,8,13-15H2,1H3,(H,25,29)(H,26,28)/t20-/m0/s1. The van der Waals surface area contributed by atoms with Crippen LogP contribution in [0, 0.1) is 5.82 Å². The number of halogens is 1. The minimum absolute atomic E-state index is 0.0564. The smallest absolute Gasteiger partial charge is 0.258 e. The van der Waals surface area contributed by atoms with Crippen LogP contribution in [0.4, 0.5) is 10.1 Å². The second kappa shape index (κ2) is 10.7. The Morgan fingerprint density at radius 2 is 1.87 bits per heavy atom. The van der Waals surface area contributed by atoms with Crippen LogP contribution in [0.5, 0.6) is 0 Å². The first-order chi connectivity index (χ1) is 15.0. The van der Waals surface area contributed by atoms with Crippen LogP contribution in [0.25, 0.3) is 0 Å². The molecule has 0 bridgehead atoms. The highest BCUT2D eigenvalue weighted by molar-refractivity contribution is 6.05. The van der Waals surface area contributed by atoms with Crippen molar-refractivity contribution in [2.24, 2.45) is 0 Å². The number of hydrogen-bond donors (Lipinski definition) is 2. The molecule has 0 radical (unpaired) electrons. The number of hydrogen-bond acceptors (Lipinski definition) is 4. The molecule has 3 amide bonds. The second-order valence-electron chi connectivity index (χ2n) is 7.31. The molecule has 2 aromatic carbocycles. The maximum atomic E-state index is 13.8. The summed E-state index contributed by atoms with van der Waals surface area (Å²) < 4.78 is 18.7. The number of carbonyl (C=O) groups is 3. The van der Waals surface area contributed by atoms with Crippen molar-refractivity contribution < 1.29 is 23.5 Å². The zero-order valence-electron chi connectivity index (χ0n) is 17.4. The number of nitrogens with zero attached hydrogens (tertiary/aromatic N) is 1. The minimum Gasteiger partial charge on any atom is -0.385 e. The third-order valence-electron chi connectivity index (χ3n) is 5.15. The lowest BCUT2D eigenvalue weighted by Gasteiger charge is -2.24. The highest BCUT2D eigenvalue weighted by Crippen LogP contribution is 2.21. The lowest BCUT2D eigenvalue weighted by Crippen LogP contribution is -2.46.